The Morgan fingerprint density at radius 2 is 2.14 bits per heavy atom. The molecule has 7 heteroatoms. The van der Waals surface area contributed by atoms with Gasteiger partial charge in [-0.1, -0.05) is 5.10 Å². The van der Waals surface area contributed by atoms with Gasteiger partial charge in [-0.3, -0.25) is 4.90 Å². The summed E-state index contributed by atoms with van der Waals surface area (Å²) in [7, 11) is 0. The number of aromatic nitrogens is 2. The Labute approximate surface area is 125 Å². The normalized spacial score (nSPS) is 19.1. The molecule has 0 aromatic carbocycles. The van der Waals surface area contributed by atoms with Crippen LogP contribution in [0.3, 0.4) is 0 Å². The Morgan fingerprint density at radius 1 is 1.43 bits per heavy atom. The number of hydrogen-bond donors (Lipinski definition) is 1. The first-order valence-electron chi connectivity index (χ1n) is 7.36. The van der Waals surface area contributed by atoms with E-state index in [1.807, 2.05) is 34.6 Å². The van der Waals surface area contributed by atoms with Gasteiger partial charge in [-0.25, -0.2) is 4.79 Å². The van der Waals surface area contributed by atoms with Crippen LogP contribution >= 0.6 is 0 Å². The Balaban J connectivity index is 2.08. The van der Waals surface area contributed by atoms with Crippen molar-refractivity contribution < 1.29 is 13.9 Å². The summed E-state index contributed by atoms with van der Waals surface area (Å²) >= 11 is 0. The van der Waals surface area contributed by atoms with Gasteiger partial charge < -0.3 is 14.5 Å². The summed E-state index contributed by atoms with van der Waals surface area (Å²) in [5.74, 6) is 0.460. The number of rotatable bonds is 3. The van der Waals surface area contributed by atoms with Crippen LogP contribution in [0, 0.1) is 0 Å². The number of likely N-dealkylation sites (tertiary alicyclic amines) is 1. The first kappa shape index (κ1) is 15.6. The molecule has 0 bridgehead atoms. The summed E-state index contributed by atoms with van der Waals surface area (Å²) in [5, 5.41) is 11.1. The molecule has 2 rings (SSSR count). The third-order valence-electron chi connectivity index (χ3n) is 3.02. The number of amides is 1. The zero-order chi connectivity index (χ0) is 15.6. The second-order valence-corrected chi connectivity index (χ2v) is 6.58. The van der Waals surface area contributed by atoms with Crippen molar-refractivity contribution in [3.05, 3.63) is 5.89 Å². The fourth-order valence-corrected chi connectivity index (χ4v) is 2.24. The maximum Gasteiger partial charge on any atom is 0.410 e. The lowest BCUT2D eigenvalue weighted by Crippen LogP contribution is -2.36. The number of nitrogens with one attached hydrogen (secondary N) is 1. The molecule has 1 atom stereocenters. The highest BCUT2D eigenvalue weighted by atomic mass is 16.6. The molecule has 21 heavy (non-hydrogen) atoms. The summed E-state index contributed by atoms with van der Waals surface area (Å²) in [4.78, 5) is 13.9. The van der Waals surface area contributed by atoms with E-state index in [1.165, 1.54) is 0 Å². The van der Waals surface area contributed by atoms with Crippen molar-refractivity contribution >= 4 is 12.1 Å². The average molecular weight is 296 g/mol. The van der Waals surface area contributed by atoms with Crippen molar-refractivity contribution in [2.75, 3.05) is 11.9 Å². The molecule has 1 N–H and O–H groups in total. The lowest BCUT2D eigenvalue weighted by molar-refractivity contribution is 0.0204. The number of hydrogen-bond acceptors (Lipinski definition) is 6. The topological polar surface area (TPSA) is 80.5 Å². The molecule has 1 fully saturated rings. The van der Waals surface area contributed by atoms with E-state index in [1.54, 1.807) is 4.90 Å². The van der Waals surface area contributed by atoms with E-state index in [0.29, 0.717) is 18.5 Å². The lowest BCUT2D eigenvalue weighted by atomic mass is 10.2. The minimum atomic E-state index is -0.510. The highest BCUT2D eigenvalue weighted by molar-refractivity contribution is 5.69. The minimum absolute atomic E-state index is 0.199. The summed E-state index contributed by atoms with van der Waals surface area (Å²) in [6.07, 6.45) is 1.38. The molecule has 1 aromatic rings. The van der Waals surface area contributed by atoms with Crippen molar-refractivity contribution in [2.45, 2.75) is 65.1 Å². The molecule has 1 aliphatic rings. The molecule has 7 nitrogen and oxygen atoms in total. The van der Waals surface area contributed by atoms with Gasteiger partial charge in [-0.05, 0) is 47.5 Å². The summed E-state index contributed by atoms with van der Waals surface area (Å²) < 4.78 is 11.0. The zero-order valence-electron chi connectivity index (χ0n) is 13.3. The van der Waals surface area contributed by atoms with Crippen molar-refractivity contribution in [1.29, 1.82) is 0 Å². The Kier molecular flexibility index (Phi) is 4.39. The van der Waals surface area contributed by atoms with Crippen LogP contribution in [0.4, 0.5) is 10.8 Å². The second-order valence-electron chi connectivity index (χ2n) is 6.58. The Hall–Kier alpha value is -1.79. The fraction of sp³-hybridized carbons (Fsp3) is 0.786. The fourth-order valence-electron chi connectivity index (χ4n) is 2.24. The first-order chi connectivity index (χ1) is 9.76. The van der Waals surface area contributed by atoms with Gasteiger partial charge >= 0.3 is 12.1 Å². The van der Waals surface area contributed by atoms with Crippen LogP contribution in [0.5, 0.6) is 0 Å². The number of nitrogens with zero attached hydrogens (tertiary/aromatic N) is 3. The highest BCUT2D eigenvalue weighted by Crippen LogP contribution is 2.33. The van der Waals surface area contributed by atoms with Crippen LogP contribution in [0.15, 0.2) is 4.42 Å². The van der Waals surface area contributed by atoms with E-state index < -0.39 is 5.60 Å². The largest absolute Gasteiger partial charge is 0.444 e. The van der Waals surface area contributed by atoms with Gasteiger partial charge in [-0.2, -0.15) is 0 Å². The Bertz CT molecular complexity index is 493. The van der Waals surface area contributed by atoms with E-state index in [0.717, 1.165) is 12.8 Å². The quantitative estimate of drug-likeness (QED) is 0.923. The highest BCUT2D eigenvalue weighted by Gasteiger charge is 2.36. The van der Waals surface area contributed by atoms with E-state index in [-0.39, 0.29) is 18.2 Å². The molecular weight excluding hydrogens is 272 g/mol. The maximum atomic E-state index is 12.2. The minimum Gasteiger partial charge on any atom is -0.444 e. The van der Waals surface area contributed by atoms with E-state index in [9.17, 15) is 4.79 Å². The van der Waals surface area contributed by atoms with Crippen molar-refractivity contribution in [3.63, 3.8) is 0 Å². The monoisotopic (exact) mass is 296 g/mol. The van der Waals surface area contributed by atoms with E-state index in [2.05, 4.69) is 15.5 Å². The van der Waals surface area contributed by atoms with Gasteiger partial charge in [0.25, 0.3) is 0 Å². The molecule has 0 radical (unpaired) electrons. The molecule has 2 heterocycles. The van der Waals surface area contributed by atoms with Crippen LogP contribution in [0.1, 0.15) is 59.4 Å². The van der Waals surface area contributed by atoms with Gasteiger partial charge in [0.05, 0.1) is 0 Å². The maximum absolute atomic E-state index is 12.2. The molecule has 0 saturated carbocycles. The Morgan fingerprint density at radius 3 is 2.76 bits per heavy atom. The van der Waals surface area contributed by atoms with Gasteiger partial charge in [0, 0.05) is 12.6 Å². The molecule has 0 unspecified atom stereocenters. The van der Waals surface area contributed by atoms with Gasteiger partial charge in [0.15, 0.2) is 0 Å². The summed E-state index contributed by atoms with van der Waals surface area (Å²) in [5.41, 5.74) is -0.510. The predicted octanol–water partition coefficient (Wildman–Crippen LogP) is 2.96. The summed E-state index contributed by atoms with van der Waals surface area (Å²) in [6, 6.07) is 0.398. The summed E-state index contributed by atoms with van der Waals surface area (Å²) in [6.45, 7) is 10.2. The van der Waals surface area contributed by atoms with Crippen LogP contribution in [0.25, 0.3) is 0 Å². The molecule has 1 aliphatic heterocycles. The number of carbonyl (C=O) groups is 1. The average Bonchev–Trinajstić information content (AvgIpc) is 2.92. The van der Waals surface area contributed by atoms with Crippen LogP contribution in [-0.4, -0.2) is 39.4 Å². The molecule has 1 aromatic heterocycles. The molecule has 1 saturated heterocycles. The predicted molar refractivity (Wildman–Crippen MR) is 78.0 cm³/mol. The van der Waals surface area contributed by atoms with Crippen LogP contribution in [0.2, 0.25) is 0 Å². The number of anilines is 1. The molecule has 1 amide bonds. The third kappa shape index (κ3) is 4.09. The molecule has 0 aliphatic carbocycles. The SMILES string of the molecule is CC(C)Nc1nnc([C@@H]2CCCN2C(=O)OC(C)(C)C)o1. The van der Waals surface area contributed by atoms with E-state index >= 15 is 0 Å². The van der Waals surface area contributed by atoms with Gasteiger partial charge in [0.1, 0.15) is 11.6 Å². The first-order valence-corrected chi connectivity index (χ1v) is 7.36. The molecule has 118 valence electrons. The third-order valence-corrected chi connectivity index (χ3v) is 3.02. The number of ether oxygens (including phenoxy) is 1. The zero-order valence-corrected chi connectivity index (χ0v) is 13.3. The van der Waals surface area contributed by atoms with Crippen LogP contribution < -0.4 is 5.32 Å². The smallest absolute Gasteiger partial charge is 0.410 e. The van der Waals surface area contributed by atoms with Crippen molar-refractivity contribution in [3.8, 4) is 0 Å². The molecular formula is C14H24N4O3. The standard InChI is InChI=1S/C14H24N4O3/c1-9(2)15-12-17-16-11(20-12)10-7-6-8-18(10)13(19)21-14(3,4)5/h9-10H,6-8H2,1-5H3,(H,15,17)/t10-/m0/s1. The van der Waals surface area contributed by atoms with E-state index in [4.69, 9.17) is 9.15 Å². The van der Waals surface area contributed by atoms with Crippen molar-refractivity contribution in [2.24, 2.45) is 0 Å². The molecule has 0 spiro atoms. The van der Waals surface area contributed by atoms with Crippen LogP contribution in [-0.2, 0) is 4.74 Å². The van der Waals surface area contributed by atoms with Gasteiger partial charge in [0.2, 0.25) is 5.89 Å². The van der Waals surface area contributed by atoms with Crippen molar-refractivity contribution in [1.82, 2.24) is 15.1 Å². The lowest BCUT2D eigenvalue weighted by Gasteiger charge is -2.27. The number of carbonyl (C=O) groups excluding carboxylic acids is 1. The second kappa shape index (κ2) is 5.91. The van der Waals surface area contributed by atoms with Gasteiger partial charge in [-0.15, -0.1) is 5.10 Å².